The molecule has 0 radical (unpaired) electrons. The highest BCUT2D eigenvalue weighted by molar-refractivity contribution is 9.10. The maximum absolute atomic E-state index is 6.35. The van der Waals surface area contributed by atoms with Gasteiger partial charge < -0.3 is 15.2 Å². The van der Waals surface area contributed by atoms with Gasteiger partial charge in [-0.3, -0.25) is 0 Å². The molecule has 0 heterocycles. The number of methoxy groups -OCH3 is 2. The average Bonchev–Trinajstić information content (AvgIpc) is 2.97. The van der Waals surface area contributed by atoms with E-state index in [0.717, 1.165) is 32.5 Å². The molecule has 2 N–H and O–H groups in total. The number of ether oxygens (including phenoxy) is 2. The summed E-state index contributed by atoms with van der Waals surface area (Å²) < 4.78 is 11.6. The monoisotopic (exact) mass is 359 g/mol. The van der Waals surface area contributed by atoms with Gasteiger partial charge in [-0.05, 0) is 40.9 Å². The zero-order valence-electron chi connectivity index (χ0n) is 12.0. The van der Waals surface area contributed by atoms with Crippen LogP contribution in [-0.2, 0) is 0 Å². The molecule has 0 saturated heterocycles. The van der Waals surface area contributed by atoms with Crippen LogP contribution in [0.3, 0.4) is 0 Å². The van der Waals surface area contributed by atoms with Crippen molar-refractivity contribution in [1.82, 2.24) is 0 Å². The van der Waals surface area contributed by atoms with E-state index in [1.165, 1.54) is 25.7 Å². The summed E-state index contributed by atoms with van der Waals surface area (Å²) in [7, 11) is 3.31. The molecule has 3 nitrogen and oxygen atoms in total. The number of benzene rings is 1. The number of hydrogen-bond donors (Lipinski definition) is 1. The maximum Gasteiger partial charge on any atom is 0.141 e. The predicted octanol–water partition coefficient (Wildman–Crippen LogP) is 4.14. The van der Waals surface area contributed by atoms with Crippen LogP contribution in [0.1, 0.15) is 37.3 Å². The first-order chi connectivity index (χ1) is 9.67. The molecule has 1 aromatic rings. The van der Waals surface area contributed by atoms with Crippen LogP contribution in [0.15, 0.2) is 16.6 Å². The molecule has 20 heavy (non-hydrogen) atoms. The fourth-order valence-electron chi connectivity index (χ4n) is 2.59. The smallest absolute Gasteiger partial charge is 0.141 e. The molecule has 1 fully saturated rings. The highest BCUT2D eigenvalue weighted by Crippen LogP contribution is 2.40. The summed E-state index contributed by atoms with van der Waals surface area (Å²) in [4.78, 5) is 0. The topological polar surface area (TPSA) is 44.5 Å². The lowest BCUT2D eigenvalue weighted by atomic mass is 10.1. The van der Waals surface area contributed by atoms with E-state index >= 15 is 0 Å². The van der Waals surface area contributed by atoms with Gasteiger partial charge in [-0.25, -0.2) is 0 Å². The summed E-state index contributed by atoms with van der Waals surface area (Å²) in [5.41, 5.74) is 7.38. The van der Waals surface area contributed by atoms with E-state index in [0.29, 0.717) is 0 Å². The van der Waals surface area contributed by atoms with Crippen LogP contribution in [0.2, 0.25) is 0 Å². The Hall–Kier alpha value is -0.390. The lowest BCUT2D eigenvalue weighted by Crippen LogP contribution is -2.16. The molecule has 0 amide bonds. The third-order valence-corrected chi connectivity index (χ3v) is 5.97. The van der Waals surface area contributed by atoms with Crippen molar-refractivity contribution in [2.24, 2.45) is 5.73 Å². The summed E-state index contributed by atoms with van der Waals surface area (Å²) in [6, 6.07) is 3.92. The fourth-order valence-corrected chi connectivity index (χ4v) is 4.61. The largest absolute Gasteiger partial charge is 0.495 e. The molecule has 1 aliphatic rings. The van der Waals surface area contributed by atoms with Crippen molar-refractivity contribution < 1.29 is 9.47 Å². The Morgan fingerprint density at radius 3 is 2.60 bits per heavy atom. The van der Waals surface area contributed by atoms with E-state index in [4.69, 9.17) is 15.2 Å². The zero-order chi connectivity index (χ0) is 14.5. The molecule has 0 aliphatic heterocycles. The van der Waals surface area contributed by atoms with Crippen LogP contribution in [0.4, 0.5) is 0 Å². The minimum absolute atomic E-state index is 0.0160. The van der Waals surface area contributed by atoms with Gasteiger partial charge in [-0.1, -0.05) is 12.8 Å². The molecular weight excluding hydrogens is 338 g/mol. The standard InChI is InChI=1S/C15H22BrNO2S/c1-18-13-8-7-11(15(19-2)14(13)16)12(17)9-20-10-5-3-4-6-10/h7-8,10,12H,3-6,9,17H2,1-2H3. The highest BCUT2D eigenvalue weighted by Gasteiger charge is 2.21. The Morgan fingerprint density at radius 1 is 1.30 bits per heavy atom. The lowest BCUT2D eigenvalue weighted by Gasteiger charge is -2.19. The Balaban J connectivity index is 2.08. The molecule has 0 bridgehead atoms. The Labute approximate surface area is 133 Å². The number of halogens is 1. The molecule has 0 spiro atoms. The minimum atomic E-state index is -0.0160. The molecule has 1 aliphatic carbocycles. The number of thioether (sulfide) groups is 1. The van der Waals surface area contributed by atoms with E-state index in [9.17, 15) is 0 Å². The highest BCUT2D eigenvalue weighted by atomic mass is 79.9. The third-order valence-electron chi connectivity index (χ3n) is 3.73. The van der Waals surface area contributed by atoms with Crippen molar-refractivity contribution in [2.75, 3.05) is 20.0 Å². The molecule has 1 aromatic carbocycles. The van der Waals surface area contributed by atoms with E-state index in [2.05, 4.69) is 15.9 Å². The van der Waals surface area contributed by atoms with E-state index in [-0.39, 0.29) is 6.04 Å². The molecule has 112 valence electrons. The van der Waals surface area contributed by atoms with Gasteiger partial charge in [-0.15, -0.1) is 0 Å². The summed E-state index contributed by atoms with van der Waals surface area (Å²) in [5.74, 6) is 2.48. The summed E-state index contributed by atoms with van der Waals surface area (Å²) in [6.07, 6.45) is 5.40. The summed E-state index contributed by atoms with van der Waals surface area (Å²) >= 11 is 5.52. The third kappa shape index (κ3) is 3.62. The zero-order valence-corrected chi connectivity index (χ0v) is 14.4. The van der Waals surface area contributed by atoms with E-state index < -0.39 is 0 Å². The van der Waals surface area contributed by atoms with E-state index in [1.54, 1.807) is 14.2 Å². The quantitative estimate of drug-likeness (QED) is 0.828. The van der Waals surface area contributed by atoms with Gasteiger partial charge >= 0.3 is 0 Å². The van der Waals surface area contributed by atoms with Gasteiger partial charge in [0.1, 0.15) is 16.0 Å². The van der Waals surface area contributed by atoms with Crippen LogP contribution in [-0.4, -0.2) is 25.2 Å². The predicted molar refractivity (Wildman–Crippen MR) is 88.9 cm³/mol. The van der Waals surface area contributed by atoms with Crippen LogP contribution in [0, 0.1) is 0 Å². The van der Waals surface area contributed by atoms with Gasteiger partial charge in [0.05, 0.1) is 14.2 Å². The molecule has 5 heteroatoms. The molecule has 1 atom stereocenters. The van der Waals surface area contributed by atoms with Crippen molar-refractivity contribution in [3.8, 4) is 11.5 Å². The fraction of sp³-hybridized carbons (Fsp3) is 0.600. The van der Waals surface area contributed by atoms with Crippen LogP contribution in [0.5, 0.6) is 11.5 Å². The van der Waals surface area contributed by atoms with Gasteiger partial charge in [-0.2, -0.15) is 11.8 Å². The van der Waals surface area contributed by atoms with E-state index in [1.807, 2.05) is 23.9 Å². The Bertz CT molecular complexity index is 450. The second-order valence-corrected chi connectivity index (χ2v) is 7.18. The van der Waals surface area contributed by atoms with Gasteiger partial charge in [0, 0.05) is 22.6 Å². The van der Waals surface area contributed by atoms with Crippen LogP contribution >= 0.6 is 27.7 Å². The normalized spacial score (nSPS) is 17.2. The van der Waals surface area contributed by atoms with Crippen LogP contribution in [0.25, 0.3) is 0 Å². The summed E-state index contributed by atoms with van der Waals surface area (Å²) in [5, 5.41) is 0.786. The van der Waals surface area contributed by atoms with Gasteiger partial charge in [0.2, 0.25) is 0 Å². The first-order valence-electron chi connectivity index (χ1n) is 6.95. The average molecular weight is 360 g/mol. The molecular formula is C15H22BrNO2S. The molecule has 0 aromatic heterocycles. The first kappa shape index (κ1) is 16.0. The maximum atomic E-state index is 6.35. The second-order valence-electron chi connectivity index (χ2n) is 5.05. The Kier molecular flexibility index (Phi) is 6.05. The first-order valence-corrected chi connectivity index (χ1v) is 8.79. The van der Waals surface area contributed by atoms with Gasteiger partial charge in [0.25, 0.3) is 0 Å². The molecule has 1 saturated carbocycles. The number of rotatable bonds is 6. The van der Waals surface area contributed by atoms with Crippen molar-refractivity contribution in [2.45, 2.75) is 37.0 Å². The van der Waals surface area contributed by atoms with Crippen molar-refractivity contribution in [3.63, 3.8) is 0 Å². The SMILES string of the molecule is COc1ccc(C(N)CSC2CCCC2)c(OC)c1Br. The van der Waals surface area contributed by atoms with Crippen molar-refractivity contribution in [3.05, 3.63) is 22.2 Å². The number of nitrogens with two attached hydrogens (primary N) is 1. The van der Waals surface area contributed by atoms with Crippen molar-refractivity contribution in [1.29, 1.82) is 0 Å². The summed E-state index contributed by atoms with van der Waals surface area (Å²) in [6.45, 7) is 0. The van der Waals surface area contributed by atoms with Crippen LogP contribution < -0.4 is 15.2 Å². The van der Waals surface area contributed by atoms with Gasteiger partial charge in [0.15, 0.2) is 0 Å². The second kappa shape index (κ2) is 7.57. The molecule has 1 unspecified atom stereocenters. The Morgan fingerprint density at radius 2 is 2.00 bits per heavy atom. The number of hydrogen-bond acceptors (Lipinski definition) is 4. The minimum Gasteiger partial charge on any atom is -0.495 e. The lowest BCUT2D eigenvalue weighted by molar-refractivity contribution is 0.384. The molecule has 2 rings (SSSR count). The van der Waals surface area contributed by atoms with Crippen molar-refractivity contribution >= 4 is 27.7 Å².